The number of hydrogen-bond donors (Lipinski definition) is 0. The van der Waals surface area contributed by atoms with E-state index >= 15 is 0 Å². The number of hydrogen-bond acceptors (Lipinski definition) is 3. The molecule has 3 heteroatoms. The molecular weight excluding hydrogens is 150 g/mol. The third kappa shape index (κ3) is 1.29. The molecule has 0 aliphatic carbocycles. The summed E-state index contributed by atoms with van der Waals surface area (Å²) in [5.74, 6) is 0. The first-order valence-electron chi connectivity index (χ1n) is 3.65. The van der Waals surface area contributed by atoms with Crippen LogP contribution in [-0.2, 0) is 0 Å². The summed E-state index contributed by atoms with van der Waals surface area (Å²) >= 11 is 0. The lowest BCUT2D eigenvalue weighted by Gasteiger charge is -1.95. The lowest BCUT2D eigenvalue weighted by molar-refractivity contribution is 1.04. The van der Waals surface area contributed by atoms with Crippen LogP contribution in [0, 0.1) is 0 Å². The third-order valence-electron chi connectivity index (χ3n) is 1.53. The molecule has 2 aromatic heterocycles. The maximum absolute atomic E-state index is 3.99. The monoisotopic (exact) mass is 157 g/mol. The molecule has 0 unspecified atom stereocenters. The Morgan fingerprint density at radius 1 is 1.00 bits per heavy atom. The van der Waals surface area contributed by atoms with Crippen LogP contribution in [0.5, 0.6) is 0 Å². The summed E-state index contributed by atoms with van der Waals surface area (Å²) in [5.41, 5.74) is 1.84. The van der Waals surface area contributed by atoms with Crippen LogP contribution in [0.1, 0.15) is 0 Å². The normalized spacial score (nSPS) is 9.67. The van der Waals surface area contributed by atoms with Crippen molar-refractivity contribution in [3.63, 3.8) is 0 Å². The second-order valence-corrected chi connectivity index (χ2v) is 2.35. The third-order valence-corrected chi connectivity index (χ3v) is 1.53. The van der Waals surface area contributed by atoms with Crippen LogP contribution in [0.3, 0.4) is 0 Å². The first-order valence-corrected chi connectivity index (χ1v) is 3.65. The number of nitrogens with zero attached hydrogens (tertiary/aromatic N) is 3. The largest absolute Gasteiger partial charge is 0.264 e. The van der Waals surface area contributed by atoms with E-state index < -0.39 is 0 Å². The molecule has 0 bridgehead atoms. The minimum atomic E-state index is 0.852. The smallest absolute Gasteiger partial charge is 0.0945 e. The zero-order valence-electron chi connectivity index (χ0n) is 6.38. The fourth-order valence-electron chi connectivity index (χ4n) is 0.970. The molecule has 0 atom stereocenters. The molecule has 0 N–H and O–H groups in total. The van der Waals surface area contributed by atoms with Gasteiger partial charge in [0.25, 0.3) is 0 Å². The molecule has 2 aromatic rings. The van der Waals surface area contributed by atoms with Crippen LogP contribution >= 0.6 is 0 Å². The van der Waals surface area contributed by atoms with E-state index in [1.54, 1.807) is 18.6 Å². The predicted molar refractivity (Wildman–Crippen MR) is 45.3 cm³/mol. The van der Waals surface area contributed by atoms with Gasteiger partial charge in [0.05, 0.1) is 5.69 Å². The molecule has 12 heavy (non-hydrogen) atoms. The molecule has 0 aliphatic rings. The molecule has 3 nitrogen and oxygen atoms in total. The van der Waals surface area contributed by atoms with Crippen LogP contribution < -0.4 is 0 Å². The molecule has 0 radical (unpaired) electrons. The van der Waals surface area contributed by atoms with Crippen molar-refractivity contribution in [3.05, 3.63) is 42.9 Å². The van der Waals surface area contributed by atoms with Gasteiger partial charge in [-0.1, -0.05) is 0 Å². The SMILES string of the molecule is c1cncc(-c2cccnn2)c1. The first kappa shape index (κ1) is 6.91. The summed E-state index contributed by atoms with van der Waals surface area (Å²) in [6.07, 6.45) is 5.16. The Kier molecular flexibility index (Phi) is 1.78. The lowest BCUT2D eigenvalue weighted by Crippen LogP contribution is -1.85. The molecule has 0 aromatic carbocycles. The molecule has 0 fully saturated rings. The Hall–Kier alpha value is -1.77. The lowest BCUT2D eigenvalue weighted by atomic mass is 10.2. The average Bonchev–Trinajstić information content (AvgIpc) is 2.21. The standard InChI is InChI=1S/C9H7N3/c1-3-8(7-10-5-1)9-4-2-6-11-12-9/h1-7H. The van der Waals surface area contributed by atoms with Gasteiger partial charge in [0.15, 0.2) is 0 Å². The number of rotatable bonds is 1. The fraction of sp³-hybridized carbons (Fsp3) is 0. The van der Waals surface area contributed by atoms with Crippen molar-refractivity contribution in [1.29, 1.82) is 0 Å². The van der Waals surface area contributed by atoms with E-state index in [1.165, 1.54) is 0 Å². The second kappa shape index (κ2) is 3.09. The highest BCUT2D eigenvalue weighted by Gasteiger charge is 1.95. The van der Waals surface area contributed by atoms with Gasteiger partial charge in [-0.3, -0.25) is 4.98 Å². The molecule has 0 saturated carbocycles. The van der Waals surface area contributed by atoms with Gasteiger partial charge in [-0.15, -0.1) is 0 Å². The van der Waals surface area contributed by atoms with Gasteiger partial charge in [-0.2, -0.15) is 10.2 Å². The highest BCUT2D eigenvalue weighted by molar-refractivity contribution is 5.56. The molecule has 0 amide bonds. The molecule has 0 spiro atoms. The van der Waals surface area contributed by atoms with E-state index in [0.29, 0.717) is 0 Å². The molecule has 58 valence electrons. The van der Waals surface area contributed by atoms with Gasteiger partial charge in [-0.25, -0.2) is 0 Å². The maximum Gasteiger partial charge on any atom is 0.0945 e. The van der Waals surface area contributed by atoms with E-state index in [-0.39, 0.29) is 0 Å². The van der Waals surface area contributed by atoms with Gasteiger partial charge < -0.3 is 0 Å². The minimum Gasteiger partial charge on any atom is -0.264 e. The van der Waals surface area contributed by atoms with E-state index in [9.17, 15) is 0 Å². The summed E-state index contributed by atoms with van der Waals surface area (Å²) in [4.78, 5) is 3.99. The van der Waals surface area contributed by atoms with E-state index in [1.807, 2.05) is 24.3 Å². The Morgan fingerprint density at radius 3 is 2.58 bits per heavy atom. The van der Waals surface area contributed by atoms with Crippen LogP contribution in [-0.4, -0.2) is 15.2 Å². The number of aromatic nitrogens is 3. The Bertz CT molecular complexity index is 307. The van der Waals surface area contributed by atoms with E-state index in [4.69, 9.17) is 0 Å². The van der Waals surface area contributed by atoms with Crippen molar-refractivity contribution in [1.82, 2.24) is 15.2 Å². The van der Waals surface area contributed by atoms with E-state index in [0.717, 1.165) is 11.3 Å². The van der Waals surface area contributed by atoms with Crippen LogP contribution in [0.4, 0.5) is 0 Å². The van der Waals surface area contributed by atoms with E-state index in [2.05, 4.69) is 15.2 Å². The van der Waals surface area contributed by atoms with Crippen LogP contribution in [0.25, 0.3) is 11.3 Å². The summed E-state index contributed by atoms with van der Waals surface area (Å²) in [7, 11) is 0. The summed E-state index contributed by atoms with van der Waals surface area (Å²) in [5, 5.41) is 7.74. The van der Waals surface area contributed by atoms with Crippen molar-refractivity contribution in [2.24, 2.45) is 0 Å². The summed E-state index contributed by atoms with van der Waals surface area (Å²) < 4.78 is 0. The van der Waals surface area contributed by atoms with Gasteiger partial charge in [0, 0.05) is 24.2 Å². The second-order valence-electron chi connectivity index (χ2n) is 2.35. The van der Waals surface area contributed by atoms with Gasteiger partial charge in [-0.05, 0) is 24.3 Å². The molecule has 0 aliphatic heterocycles. The predicted octanol–water partition coefficient (Wildman–Crippen LogP) is 1.54. The highest BCUT2D eigenvalue weighted by Crippen LogP contribution is 2.12. The maximum atomic E-state index is 3.99. The number of pyridine rings is 1. The highest BCUT2D eigenvalue weighted by atomic mass is 15.1. The average molecular weight is 157 g/mol. The quantitative estimate of drug-likeness (QED) is 0.630. The van der Waals surface area contributed by atoms with Gasteiger partial charge in [0.1, 0.15) is 0 Å². The molecule has 2 rings (SSSR count). The summed E-state index contributed by atoms with van der Waals surface area (Å²) in [6.45, 7) is 0. The zero-order valence-corrected chi connectivity index (χ0v) is 6.38. The van der Waals surface area contributed by atoms with Crippen molar-refractivity contribution in [2.45, 2.75) is 0 Å². The van der Waals surface area contributed by atoms with Crippen LogP contribution in [0.2, 0.25) is 0 Å². The Balaban J connectivity index is 2.46. The van der Waals surface area contributed by atoms with Gasteiger partial charge >= 0.3 is 0 Å². The minimum absolute atomic E-state index is 0.852. The Morgan fingerprint density at radius 2 is 1.92 bits per heavy atom. The van der Waals surface area contributed by atoms with Crippen molar-refractivity contribution in [2.75, 3.05) is 0 Å². The van der Waals surface area contributed by atoms with Crippen molar-refractivity contribution < 1.29 is 0 Å². The Labute approximate surface area is 70.1 Å². The van der Waals surface area contributed by atoms with Crippen molar-refractivity contribution in [3.8, 4) is 11.3 Å². The fourth-order valence-corrected chi connectivity index (χ4v) is 0.970. The topological polar surface area (TPSA) is 38.7 Å². The summed E-state index contributed by atoms with van der Waals surface area (Å²) in [6, 6.07) is 7.60. The van der Waals surface area contributed by atoms with Crippen molar-refractivity contribution >= 4 is 0 Å². The van der Waals surface area contributed by atoms with Gasteiger partial charge in [0.2, 0.25) is 0 Å². The molecule has 0 saturated heterocycles. The first-order chi connectivity index (χ1) is 5.97. The van der Waals surface area contributed by atoms with Crippen LogP contribution in [0.15, 0.2) is 42.9 Å². The molecular formula is C9H7N3. The molecule has 2 heterocycles. The zero-order chi connectivity index (χ0) is 8.23.